The standard InChI is InChI=1S/C25H22N4O3/c1-26-23(30)15-10-11-21-18(12-15)20(14-27-21)25(29-16-6-5-7-17(13-16)32-2)19-8-3-4-9-22(19)28-24(25)31/h3-14,27,29H,1-2H3,(H,26,30)(H,28,31). The van der Waals surface area contributed by atoms with Crippen molar-refractivity contribution in [1.29, 1.82) is 0 Å². The van der Waals surface area contributed by atoms with Gasteiger partial charge in [0, 0.05) is 58.3 Å². The number of para-hydroxylation sites is 1. The summed E-state index contributed by atoms with van der Waals surface area (Å²) >= 11 is 0. The molecule has 0 bridgehead atoms. The monoisotopic (exact) mass is 426 g/mol. The number of H-pyrrole nitrogens is 1. The van der Waals surface area contributed by atoms with E-state index in [0.717, 1.165) is 33.4 Å². The third kappa shape index (κ3) is 2.90. The highest BCUT2D eigenvalue weighted by Crippen LogP contribution is 2.45. The molecule has 0 radical (unpaired) electrons. The molecule has 1 aromatic heterocycles. The number of aromatic nitrogens is 1. The minimum Gasteiger partial charge on any atom is -0.497 e. The number of fused-ring (bicyclic) bond motifs is 2. The van der Waals surface area contributed by atoms with Gasteiger partial charge in [-0.05, 0) is 36.4 Å². The number of aromatic amines is 1. The summed E-state index contributed by atoms with van der Waals surface area (Å²) in [5, 5.41) is 9.93. The lowest BCUT2D eigenvalue weighted by Gasteiger charge is -2.30. The van der Waals surface area contributed by atoms with Crippen molar-refractivity contribution in [2.75, 3.05) is 24.8 Å². The van der Waals surface area contributed by atoms with Gasteiger partial charge in [0.05, 0.1) is 7.11 Å². The van der Waals surface area contributed by atoms with Gasteiger partial charge in [0.15, 0.2) is 5.54 Å². The van der Waals surface area contributed by atoms with Gasteiger partial charge in [-0.1, -0.05) is 24.3 Å². The molecule has 0 fully saturated rings. The number of benzene rings is 3. The molecule has 1 aliphatic heterocycles. The van der Waals surface area contributed by atoms with E-state index in [1.165, 1.54) is 0 Å². The van der Waals surface area contributed by atoms with E-state index in [1.54, 1.807) is 20.2 Å². The molecule has 2 heterocycles. The van der Waals surface area contributed by atoms with Crippen LogP contribution in [0.15, 0.2) is 72.9 Å². The third-order valence-corrected chi connectivity index (χ3v) is 5.90. The highest BCUT2D eigenvalue weighted by Gasteiger charge is 2.49. The van der Waals surface area contributed by atoms with E-state index in [2.05, 4.69) is 20.9 Å². The average Bonchev–Trinajstić information content (AvgIpc) is 3.37. The number of anilines is 2. The fraction of sp³-hybridized carbons (Fsp3) is 0.120. The molecule has 1 aliphatic rings. The zero-order valence-corrected chi connectivity index (χ0v) is 17.7. The summed E-state index contributed by atoms with van der Waals surface area (Å²) in [6, 6.07) is 20.5. The molecule has 3 aromatic carbocycles. The summed E-state index contributed by atoms with van der Waals surface area (Å²) in [6.45, 7) is 0. The van der Waals surface area contributed by atoms with Crippen molar-refractivity contribution in [1.82, 2.24) is 10.3 Å². The lowest BCUT2D eigenvalue weighted by atomic mass is 9.83. The Hall–Kier alpha value is -4.26. The summed E-state index contributed by atoms with van der Waals surface area (Å²) < 4.78 is 5.37. The molecule has 2 amide bonds. The Morgan fingerprint density at radius 3 is 2.66 bits per heavy atom. The van der Waals surface area contributed by atoms with E-state index in [4.69, 9.17) is 4.74 Å². The molecule has 1 unspecified atom stereocenters. The van der Waals surface area contributed by atoms with E-state index < -0.39 is 5.54 Å². The second-order valence-corrected chi connectivity index (χ2v) is 7.65. The smallest absolute Gasteiger partial charge is 0.259 e. The number of ether oxygens (including phenoxy) is 1. The molecule has 0 saturated heterocycles. The van der Waals surface area contributed by atoms with Crippen LogP contribution in [0.1, 0.15) is 21.5 Å². The van der Waals surface area contributed by atoms with Gasteiger partial charge in [0.2, 0.25) is 0 Å². The molecule has 0 saturated carbocycles. The number of hydrogen-bond donors (Lipinski definition) is 4. The van der Waals surface area contributed by atoms with Gasteiger partial charge in [-0.25, -0.2) is 0 Å². The molecule has 7 heteroatoms. The first-order valence-corrected chi connectivity index (χ1v) is 10.2. The van der Waals surface area contributed by atoms with E-state index in [-0.39, 0.29) is 11.8 Å². The molecular formula is C25H22N4O3. The summed E-state index contributed by atoms with van der Waals surface area (Å²) in [5.41, 5.74) is 3.14. The first-order chi connectivity index (χ1) is 15.6. The lowest BCUT2D eigenvalue weighted by Crippen LogP contribution is -2.43. The molecule has 1 atom stereocenters. The van der Waals surface area contributed by atoms with Gasteiger partial charge in [-0.2, -0.15) is 0 Å². The zero-order valence-electron chi connectivity index (χ0n) is 17.7. The Morgan fingerprint density at radius 1 is 1.00 bits per heavy atom. The van der Waals surface area contributed by atoms with Gasteiger partial charge >= 0.3 is 0 Å². The van der Waals surface area contributed by atoms with Crippen molar-refractivity contribution >= 4 is 34.1 Å². The number of methoxy groups -OCH3 is 1. The first-order valence-electron chi connectivity index (χ1n) is 10.2. The molecule has 0 spiro atoms. The zero-order chi connectivity index (χ0) is 22.3. The van der Waals surface area contributed by atoms with Crippen LogP contribution in [0, 0.1) is 0 Å². The Bertz CT molecular complexity index is 1360. The highest BCUT2D eigenvalue weighted by atomic mass is 16.5. The van der Waals surface area contributed by atoms with Crippen molar-refractivity contribution in [3.05, 3.63) is 89.6 Å². The molecule has 160 valence electrons. The molecule has 4 N–H and O–H groups in total. The SMILES string of the molecule is CNC(=O)c1ccc2[nH]cc(C3(Nc4cccc(OC)c4)C(=O)Nc4ccccc43)c2c1. The van der Waals surface area contributed by atoms with Crippen LogP contribution in [0.3, 0.4) is 0 Å². The van der Waals surface area contributed by atoms with Gasteiger partial charge in [0.1, 0.15) is 5.75 Å². The summed E-state index contributed by atoms with van der Waals surface area (Å²) in [7, 11) is 3.20. The summed E-state index contributed by atoms with van der Waals surface area (Å²) in [4.78, 5) is 29.2. The molecule has 4 aromatic rings. The number of rotatable bonds is 5. The van der Waals surface area contributed by atoms with Crippen LogP contribution >= 0.6 is 0 Å². The normalized spacial score (nSPS) is 17.0. The van der Waals surface area contributed by atoms with Gasteiger partial charge < -0.3 is 25.7 Å². The fourth-order valence-corrected chi connectivity index (χ4v) is 4.35. The highest BCUT2D eigenvalue weighted by molar-refractivity contribution is 6.13. The second-order valence-electron chi connectivity index (χ2n) is 7.65. The van der Waals surface area contributed by atoms with Crippen molar-refractivity contribution in [3.8, 4) is 5.75 Å². The summed E-state index contributed by atoms with van der Waals surface area (Å²) in [5.74, 6) is 0.288. The van der Waals surface area contributed by atoms with Crippen molar-refractivity contribution < 1.29 is 14.3 Å². The maximum atomic E-state index is 13.6. The predicted octanol–water partition coefficient (Wildman–Crippen LogP) is 3.84. The second kappa shape index (κ2) is 7.46. The molecule has 7 nitrogen and oxygen atoms in total. The summed E-state index contributed by atoms with van der Waals surface area (Å²) in [6.07, 6.45) is 1.83. The molecular weight excluding hydrogens is 404 g/mol. The number of hydrogen-bond acceptors (Lipinski definition) is 4. The first kappa shape index (κ1) is 19.7. The fourth-order valence-electron chi connectivity index (χ4n) is 4.35. The van der Waals surface area contributed by atoms with Crippen LogP contribution in [-0.4, -0.2) is 31.0 Å². The molecule has 5 rings (SSSR count). The topological polar surface area (TPSA) is 95.2 Å². The Labute approximate surface area is 184 Å². The van der Waals surface area contributed by atoms with Crippen LogP contribution in [0.25, 0.3) is 10.9 Å². The molecule has 0 aliphatic carbocycles. The number of amides is 2. The lowest BCUT2D eigenvalue weighted by molar-refractivity contribution is -0.118. The van der Waals surface area contributed by atoms with E-state index in [1.807, 2.05) is 66.9 Å². The largest absolute Gasteiger partial charge is 0.497 e. The van der Waals surface area contributed by atoms with Crippen molar-refractivity contribution in [3.63, 3.8) is 0 Å². The average molecular weight is 426 g/mol. The maximum Gasteiger partial charge on any atom is 0.259 e. The quantitative estimate of drug-likeness (QED) is 0.390. The van der Waals surface area contributed by atoms with Crippen molar-refractivity contribution in [2.45, 2.75) is 5.54 Å². The van der Waals surface area contributed by atoms with Crippen LogP contribution in [0.2, 0.25) is 0 Å². The maximum absolute atomic E-state index is 13.6. The van der Waals surface area contributed by atoms with Crippen LogP contribution in [-0.2, 0) is 10.3 Å². The van der Waals surface area contributed by atoms with E-state index in [9.17, 15) is 9.59 Å². The Morgan fingerprint density at radius 2 is 1.84 bits per heavy atom. The number of carbonyl (C=O) groups excluding carboxylic acids is 2. The number of carbonyl (C=O) groups is 2. The predicted molar refractivity (Wildman–Crippen MR) is 124 cm³/mol. The van der Waals surface area contributed by atoms with E-state index in [0.29, 0.717) is 11.3 Å². The van der Waals surface area contributed by atoms with Crippen LogP contribution in [0.4, 0.5) is 11.4 Å². The Balaban J connectivity index is 1.76. The minimum absolute atomic E-state index is 0.190. The van der Waals surface area contributed by atoms with Crippen molar-refractivity contribution in [2.24, 2.45) is 0 Å². The van der Waals surface area contributed by atoms with Crippen LogP contribution < -0.4 is 20.7 Å². The molecule has 32 heavy (non-hydrogen) atoms. The van der Waals surface area contributed by atoms with E-state index >= 15 is 0 Å². The minimum atomic E-state index is -1.21. The number of nitrogens with one attached hydrogen (secondary N) is 4. The Kier molecular flexibility index (Phi) is 4.59. The van der Waals surface area contributed by atoms with Gasteiger partial charge in [-0.15, -0.1) is 0 Å². The van der Waals surface area contributed by atoms with Gasteiger partial charge in [-0.3, -0.25) is 9.59 Å². The van der Waals surface area contributed by atoms with Gasteiger partial charge in [0.25, 0.3) is 11.8 Å². The van der Waals surface area contributed by atoms with Crippen LogP contribution in [0.5, 0.6) is 5.75 Å². The third-order valence-electron chi connectivity index (χ3n) is 5.90.